The molecule has 0 radical (unpaired) electrons. The molecule has 0 fully saturated rings. The van der Waals surface area contributed by atoms with Gasteiger partial charge >= 0.3 is 0 Å². The van der Waals surface area contributed by atoms with Crippen molar-refractivity contribution in [2.75, 3.05) is 0 Å². The Balaban J connectivity index is 1.73. The Hall–Kier alpha value is -3.46. The minimum absolute atomic E-state index is 1.32. The highest BCUT2D eigenvalue weighted by Crippen LogP contribution is 2.42. The van der Waals surface area contributed by atoms with E-state index in [1.54, 1.807) is 0 Å². The molecule has 0 bridgehead atoms. The van der Waals surface area contributed by atoms with Gasteiger partial charge in [0, 0.05) is 20.2 Å². The summed E-state index contributed by atoms with van der Waals surface area (Å²) in [5, 5.41) is 8.78. The summed E-state index contributed by atoms with van der Waals surface area (Å²) in [6.45, 7) is 2.20. The van der Waals surface area contributed by atoms with Gasteiger partial charge in [-0.25, -0.2) is 0 Å². The van der Waals surface area contributed by atoms with Crippen LogP contribution in [-0.2, 0) is 0 Å². The third-order valence-electron chi connectivity index (χ3n) is 7.21. The van der Waals surface area contributed by atoms with Crippen molar-refractivity contribution in [1.82, 2.24) is 0 Å². The normalized spacial score (nSPS) is 13.8. The SMILES string of the molecule is Cc1ccc2sc3ccc4c(c3c2c1)-c1ccccc1[Si]4(c1ccccc1)c1ccccc1. The van der Waals surface area contributed by atoms with Crippen molar-refractivity contribution in [1.29, 1.82) is 0 Å². The lowest BCUT2D eigenvalue weighted by atomic mass is 9.99. The predicted molar refractivity (Wildman–Crippen MR) is 147 cm³/mol. The van der Waals surface area contributed by atoms with Gasteiger partial charge in [0.2, 0.25) is 0 Å². The van der Waals surface area contributed by atoms with E-state index in [1.807, 2.05) is 11.3 Å². The van der Waals surface area contributed by atoms with E-state index in [0.717, 1.165) is 0 Å². The molecule has 1 aromatic heterocycles. The molecule has 1 aliphatic heterocycles. The Morgan fingerprint density at radius 2 is 1.21 bits per heavy atom. The molecule has 5 aromatic carbocycles. The van der Waals surface area contributed by atoms with Gasteiger partial charge in [0.15, 0.2) is 8.07 Å². The topological polar surface area (TPSA) is 0 Å². The second kappa shape index (κ2) is 7.02. The van der Waals surface area contributed by atoms with Crippen molar-refractivity contribution in [2.24, 2.45) is 0 Å². The molecule has 0 amide bonds. The van der Waals surface area contributed by atoms with E-state index in [9.17, 15) is 0 Å². The molecule has 1 aliphatic rings. The van der Waals surface area contributed by atoms with Gasteiger partial charge in [-0.1, -0.05) is 103 Å². The molecule has 6 aromatic rings. The molecule has 0 N–H and O–H groups in total. The van der Waals surface area contributed by atoms with Crippen LogP contribution in [0, 0.1) is 6.92 Å². The Morgan fingerprint density at radius 3 is 1.94 bits per heavy atom. The first-order chi connectivity index (χ1) is 16.3. The molecule has 2 heterocycles. The molecule has 33 heavy (non-hydrogen) atoms. The van der Waals surface area contributed by atoms with E-state index in [-0.39, 0.29) is 0 Å². The molecule has 0 spiro atoms. The van der Waals surface area contributed by atoms with E-state index in [0.29, 0.717) is 0 Å². The van der Waals surface area contributed by atoms with E-state index in [4.69, 9.17) is 0 Å². The fraction of sp³-hybridized carbons (Fsp3) is 0.0323. The molecule has 0 saturated carbocycles. The lowest BCUT2D eigenvalue weighted by molar-refractivity contribution is 1.52. The highest BCUT2D eigenvalue weighted by molar-refractivity contribution is 7.26. The third-order valence-corrected chi connectivity index (χ3v) is 13.2. The van der Waals surface area contributed by atoms with Gasteiger partial charge in [-0.2, -0.15) is 0 Å². The number of hydrogen-bond donors (Lipinski definition) is 0. The van der Waals surface area contributed by atoms with Crippen molar-refractivity contribution in [3.63, 3.8) is 0 Å². The van der Waals surface area contributed by atoms with Crippen LogP contribution in [0.5, 0.6) is 0 Å². The van der Waals surface area contributed by atoms with Crippen molar-refractivity contribution in [3.05, 3.63) is 121 Å². The molecule has 156 valence electrons. The van der Waals surface area contributed by atoms with Crippen LogP contribution in [0.4, 0.5) is 0 Å². The minimum atomic E-state index is -2.41. The summed E-state index contributed by atoms with van der Waals surface area (Å²) in [4.78, 5) is 0. The molecular formula is C31H22SSi. The standard InChI is InChI=1S/C31H22SSi/c1-21-16-17-26-25(20-21)30-27(32-26)18-19-29-31(30)24-14-8-9-15-28(24)33(29,22-10-4-2-5-11-22)23-12-6-3-7-13-23/h2-20H,1H3. The first-order valence-corrected chi connectivity index (χ1v) is 14.3. The zero-order valence-corrected chi connectivity index (χ0v) is 20.2. The Bertz CT molecular complexity index is 1620. The van der Waals surface area contributed by atoms with Gasteiger partial charge in [0.25, 0.3) is 0 Å². The van der Waals surface area contributed by atoms with Gasteiger partial charge in [-0.3, -0.25) is 0 Å². The number of fused-ring (bicyclic) bond motifs is 7. The quantitative estimate of drug-likeness (QED) is 0.293. The zero-order chi connectivity index (χ0) is 22.0. The van der Waals surface area contributed by atoms with Gasteiger partial charge < -0.3 is 0 Å². The second-order valence-electron chi connectivity index (χ2n) is 8.99. The van der Waals surface area contributed by atoms with Crippen LogP contribution in [0.2, 0.25) is 0 Å². The Labute approximate surface area is 198 Å². The van der Waals surface area contributed by atoms with Crippen LogP contribution >= 0.6 is 11.3 Å². The monoisotopic (exact) mass is 454 g/mol. The molecule has 0 saturated heterocycles. The van der Waals surface area contributed by atoms with E-state index in [2.05, 4.69) is 122 Å². The highest BCUT2D eigenvalue weighted by atomic mass is 32.1. The van der Waals surface area contributed by atoms with Gasteiger partial charge in [-0.15, -0.1) is 11.3 Å². The van der Waals surface area contributed by atoms with Crippen molar-refractivity contribution >= 4 is 60.3 Å². The Morgan fingerprint density at radius 1 is 0.576 bits per heavy atom. The maximum absolute atomic E-state index is 2.45. The third kappa shape index (κ3) is 2.51. The number of hydrogen-bond acceptors (Lipinski definition) is 1. The summed E-state index contributed by atoms with van der Waals surface area (Å²) < 4.78 is 2.76. The number of benzene rings is 5. The summed E-state index contributed by atoms with van der Waals surface area (Å²) in [5.41, 5.74) is 4.19. The molecule has 0 aliphatic carbocycles. The maximum Gasteiger partial charge on any atom is 0.180 e. The smallest absolute Gasteiger partial charge is 0.135 e. The van der Waals surface area contributed by atoms with Crippen molar-refractivity contribution < 1.29 is 0 Å². The molecule has 0 atom stereocenters. The minimum Gasteiger partial charge on any atom is -0.135 e. The lowest BCUT2D eigenvalue weighted by Gasteiger charge is -2.31. The summed E-state index contributed by atoms with van der Waals surface area (Å²) in [6, 6.07) is 43.4. The highest BCUT2D eigenvalue weighted by Gasteiger charge is 2.49. The molecule has 7 rings (SSSR count). The lowest BCUT2D eigenvalue weighted by Crippen LogP contribution is -2.72. The number of thiophene rings is 1. The van der Waals surface area contributed by atoms with Gasteiger partial charge in [0.1, 0.15) is 0 Å². The van der Waals surface area contributed by atoms with E-state index >= 15 is 0 Å². The average Bonchev–Trinajstić information content (AvgIpc) is 3.38. The van der Waals surface area contributed by atoms with Gasteiger partial charge in [-0.05, 0) is 57.0 Å². The van der Waals surface area contributed by atoms with Crippen LogP contribution in [0.15, 0.2) is 115 Å². The largest absolute Gasteiger partial charge is 0.180 e. The first kappa shape index (κ1) is 19.0. The van der Waals surface area contributed by atoms with Crippen molar-refractivity contribution in [3.8, 4) is 11.1 Å². The zero-order valence-electron chi connectivity index (χ0n) is 18.4. The predicted octanol–water partition coefficient (Wildman–Crippen LogP) is 5.72. The van der Waals surface area contributed by atoms with E-state index in [1.165, 1.54) is 57.6 Å². The summed E-state index contributed by atoms with van der Waals surface area (Å²) in [5.74, 6) is 0. The molecular weight excluding hydrogens is 432 g/mol. The molecule has 0 nitrogen and oxygen atoms in total. The average molecular weight is 455 g/mol. The number of aryl methyl sites for hydroxylation is 1. The molecule has 2 heteroatoms. The van der Waals surface area contributed by atoms with Gasteiger partial charge in [0.05, 0.1) is 0 Å². The fourth-order valence-corrected chi connectivity index (χ4v) is 12.2. The fourth-order valence-electron chi connectivity index (χ4n) is 5.91. The maximum atomic E-state index is 2.45. The summed E-state index contributed by atoms with van der Waals surface area (Å²) in [6.07, 6.45) is 0. The van der Waals surface area contributed by atoms with Crippen LogP contribution in [0.25, 0.3) is 31.3 Å². The summed E-state index contributed by atoms with van der Waals surface area (Å²) in [7, 11) is -2.41. The van der Waals surface area contributed by atoms with Crippen LogP contribution in [-0.4, -0.2) is 8.07 Å². The molecule has 0 unspecified atom stereocenters. The summed E-state index contributed by atoms with van der Waals surface area (Å²) >= 11 is 1.92. The van der Waals surface area contributed by atoms with E-state index < -0.39 is 8.07 Å². The van der Waals surface area contributed by atoms with Crippen LogP contribution in [0.3, 0.4) is 0 Å². The number of rotatable bonds is 2. The van der Waals surface area contributed by atoms with Crippen LogP contribution in [0.1, 0.15) is 5.56 Å². The van der Waals surface area contributed by atoms with Crippen molar-refractivity contribution in [2.45, 2.75) is 6.92 Å². The second-order valence-corrected chi connectivity index (χ2v) is 13.8. The van der Waals surface area contributed by atoms with Crippen LogP contribution < -0.4 is 20.7 Å². The Kier molecular flexibility index (Phi) is 4.05. The first-order valence-electron chi connectivity index (χ1n) is 11.5.